The molecule has 2 aromatic carbocycles. The lowest BCUT2D eigenvalue weighted by atomic mass is 10.1. The van der Waals surface area contributed by atoms with Crippen molar-refractivity contribution in [2.75, 3.05) is 21.3 Å². The summed E-state index contributed by atoms with van der Waals surface area (Å²) < 4.78 is 10.6. The number of rotatable bonds is 7. The first-order valence-electron chi connectivity index (χ1n) is 8.82. The minimum absolute atomic E-state index is 0.131. The zero-order valence-electron chi connectivity index (χ0n) is 15.8. The molecule has 1 aliphatic rings. The average Bonchev–Trinajstić information content (AvgIpc) is 2.97. The van der Waals surface area contributed by atoms with Crippen LogP contribution in [-0.2, 0) is 22.7 Å². The van der Waals surface area contributed by atoms with Crippen LogP contribution in [0.4, 0.5) is 0 Å². The molecule has 2 amide bonds. The maximum Gasteiger partial charge on any atom is 0.247 e. The molecule has 0 aromatic heterocycles. The Bertz CT molecular complexity index is 822. The topological polar surface area (TPSA) is 59.1 Å². The quantitative estimate of drug-likeness (QED) is 0.703. The fraction of sp³-hybridized carbons (Fsp3) is 0.333. The van der Waals surface area contributed by atoms with Crippen molar-refractivity contribution in [3.63, 3.8) is 0 Å². The molecule has 142 valence electrons. The van der Waals surface area contributed by atoms with Gasteiger partial charge in [0.2, 0.25) is 11.8 Å². The van der Waals surface area contributed by atoms with Crippen molar-refractivity contribution in [1.29, 1.82) is 0 Å². The molecule has 0 N–H and O–H groups in total. The van der Waals surface area contributed by atoms with Crippen LogP contribution in [0.3, 0.4) is 0 Å². The number of benzene rings is 2. The van der Waals surface area contributed by atoms with Crippen molar-refractivity contribution in [3.05, 3.63) is 59.7 Å². The first kappa shape index (κ1) is 18.9. The number of likely N-dealkylation sites (N-methyl/N-ethyl adjacent to an activating group) is 1. The van der Waals surface area contributed by atoms with Gasteiger partial charge >= 0.3 is 0 Å². The Hall–Kier alpha value is -2.86. The van der Waals surface area contributed by atoms with Gasteiger partial charge in [-0.3, -0.25) is 19.4 Å². The lowest BCUT2D eigenvalue weighted by molar-refractivity contribution is -0.140. The van der Waals surface area contributed by atoms with Crippen molar-refractivity contribution < 1.29 is 19.1 Å². The van der Waals surface area contributed by atoms with E-state index in [0.717, 1.165) is 11.1 Å². The van der Waals surface area contributed by atoms with E-state index in [1.807, 2.05) is 60.5 Å². The molecular formula is C21H24N2O4. The van der Waals surface area contributed by atoms with Gasteiger partial charge in [0, 0.05) is 6.54 Å². The minimum atomic E-state index is -0.450. The normalized spacial score (nSPS) is 16.9. The standard InChI is InChI=1S/C21H24N2O4/c1-22(13-16-9-10-18(26-2)19(11-16)27-3)17-12-20(24)23(21(17)25)14-15-7-5-4-6-8-15/h4-11,17H,12-14H2,1-3H3/t17-/m1/s1. The summed E-state index contributed by atoms with van der Waals surface area (Å²) in [4.78, 5) is 28.4. The highest BCUT2D eigenvalue weighted by atomic mass is 16.5. The Morgan fingerprint density at radius 2 is 1.70 bits per heavy atom. The molecule has 1 aliphatic heterocycles. The summed E-state index contributed by atoms with van der Waals surface area (Å²) in [5.74, 6) is 1.02. The van der Waals surface area contributed by atoms with E-state index in [0.29, 0.717) is 24.6 Å². The van der Waals surface area contributed by atoms with Crippen LogP contribution in [0.15, 0.2) is 48.5 Å². The number of likely N-dealkylation sites (tertiary alicyclic amines) is 1. The predicted octanol–water partition coefficient (Wildman–Crippen LogP) is 2.46. The van der Waals surface area contributed by atoms with E-state index in [4.69, 9.17) is 9.47 Å². The van der Waals surface area contributed by atoms with Crippen LogP contribution in [-0.4, -0.2) is 48.9 Å². The number of hydrogen-bond acceptors (Lipinski definition) is 5. The molecule has 0 aliphatic carbocycles. The van der Waals surface area contributed by atoms with Gasteiger partial charge in [-0.25, -0.2) is 0 Å². The Morgan fingerprint density at radius 1 is 1.00 bits per heavy atom. The Morgan fingerprint density at radius 3 is 2.37 bits per heavy atom. The highest BCUT2D eigenvalue weighted by molar-refractivity contribution is 6.05. The van der Waals surface area contributed by atoms with Crippen molar-refractivity contribution in [3.8, 4) is 11.5 Å². The number of amides is 2. The van der Waals surface area contributed by atoms with E-state index in [2.05, 4.69) is 0 Å². The smallest absolute Gasteiger partial charge is 0.247 e. The van der Waals surface area contributed by atoms with E-state index < -0.39 is 6.04 Å². The molecule has 0 unspecified atom stereocenters. The van der Waals surface area contributed by atoms with Gasteiger partial charge in [-0.15, -0.1) is 0 Å². The van der Waals surface area contributed by atoms with Gasteiger partial charge in [0.25, 0.3) is 0 Å². The number of methoxy groups -OCH3 is 2. The first-order valence-corrected chi connectivity index (χ1v) is 8.82. The second-order valence-corrected chi connectivity index (χ2v) is 6.63. The monoisotopic (exact) mass is 368 g/mol. The molecule has 27 heavy (non-hydrogen) atoms. The molecule has 2 aromatic rings. The van der Waals surface area contributed by atoms with Gasteiger partial charge in [0.1, 0.15) is 0 Å². The van der Waals surface area contributed by atoms with Crippen molar-refractivity contribution >= 4 is 11.8 Å². The van der Waals surface area contributed by atoms with E-state index >= 15 is 0 Å². The predicted molar refractivity (Wildman–Crippen MR) is 101 cm³/mol. The van der Waals surface area contributed by atoms with Crippen LogP contribution >= 0.6 is 0 Å². The van der Waals surface area contributed by atoms with Crippen LogP contribution in [0, 0.1) is 0 Å². The lowest BCUT2D eigenvalue weighted by Crippen LogP contribution is -2.39. The molecule has 0 bridgehead atoms. The molecule has 1 atom stereocenters. The van der Waals surface area contributed by atoms with Crippen LogP contribution in [0.2, 0.25) is 0 Å². The molecule has 1 heterocycles. The third kappa shape index (κ3) is 4.11. The number of imide groups is 1. The molecule has 0 radical (unpaired) electrons. The summed E-state index contributed by atoms with van der Waals surface area (Å²) in [6.45, 7) is 0.850. The maximum atomic E-state index is 12.8. The third-order valence-electron chi connectivity index (χ3n) is 4.82. The number of ether oxygens (including phenoxy) is 2. The summed E-state index contributed by atoms with van der Waals surface area (Å²) >= 11 is 0. The van der Waals surface area contributed by atoms with Crippen molar-refractivity contribution in [1.82, 2.24) is 9.80 Å². The largest absolute Gasteiger partial charge is 0.493 e. The van der Waals surface area contributed by atoms with E-state index in [9.17, 15) is 9.59 Å². The number of nitrogens with zero attached hydrogens (tertiary/aromatic N) is 2. The molecule has 0 spiro atoms. The molecule has 3 rings (SSSR count). The molecule has 1 saturated heterocycles. The summed E-state index contributed by atoms with van der Waals surface area (Å²) in [6.07, 6.45) is 0.204. The summed E-state index contributed by atoms with van der Waals surface area (Å²) in [5.41, 5.74) is 1.93. The molecular weight excluding hydrogens is 344 g/mol. The summed E-state index contributed by atoms with van der Waals surface area (Å²) in [7, 11) is 5.04. The second kappa shape index (κ2) is 8.22. The van der Waals surface area contributed by atoms with Gasteiger partial charge < -0.3 is 9.47 Å². The lowest BCUT2D eigenvalue weighted by Gasteiger charge is -2.23. The Labute approximate surface area is 159 Å². The second-order valence-electron chi connectivity index (χ2n) is 6.63. The van der Waals surface area contributed by atoms with E-state index in [-0.39, 0.29) is 18.2 Å². The summed E-state index contributed by atoms with van der Waals surface area (Å²) in [5, 5.41) is 0. The number of carbonyl (C=O) groups excluding carboxylic acids is 2. The highest BCUT2D eigenvalue weighted by Crippen LogP contribution is 2.29. The molecule has 6 nitrogen and oxygen atoms in total. The van der Waals surface area contributed by atoms with Crippen LogP contribution in [0.1, 0.15) is 17.5 Å². The Kier molecular flexibility index (Phi) is 5.76. The van der Waals surface area contributed by atoms with Crippen molar-refractivity contribution in [2.24, 2.45) is 0 Å². The van der Waals surface area contributed by atoms with Crippen LogP contribution in [0.5, 0.6) is 11.5 Å². The van der Waals surface area contributed by atoms with Crippen LogP contribution in [0.25, 0.3) is 0 Å². The first-order chi connectivity index (χ1) is 13.0. The van der Waals surface area contributed by atoms with Gasteiger partial charge in [0.15, 0.2) is 11.5 Å². The zero-order valence-corrected chi connectivity index (χ0v) is 15.8. The van der Waals surface area contributed by atoms with Gasteiger partial charge in [0.05, 0.1) is 33.2 Å². The summed E-state index contributed by atoms with van der Waals surface area (Å²) in [6, 6.07) is 14.8. The minimum Gasteiger partial charge on any atom is -0.493 e. The van der Waals surface area contributed by atoms with Gasteiger partial charge in [-0.2, -0.15) is 0 Å². The zero-order chi connectivity index (χ0) is 19.4. The Balaban J connectivity index is 1.69. The molecule has 1 fully saturated rings. The third-order valence-corrected chi connectivity index (χ3v) is 4.82. The van der Waals surface area contributed by atoms with Gasteiger partial charge in [-0.05, 0) is 30.3 Å². The molecule has 0 saturated carbocycles. The van der Waals surface area contributed by atoms with Crippen LogP contribution < -0.4 is 9.47 Å². The average molecular weight is 368 g/mol. The van der Waals surface area contributed by atoms with Gasteiger partial charge in [-0.1, -0.05) is 36.4 Å². The SMILES string of the molecule is COc1ccc(CN(C)[C@@H]2CC(=O)N(Cc3ccccc3)C2=O)cc1OC. The highest BCUT2D eigenvalue weighted by Gasteiger charge is 2.40. The number of carbonyl (C=O) groups is 2. The van der Waals surface area contributed by atoms with E-state index in [1.54, 1.807) is 14.2 Å². The molecule has 6 heteroatoms. The van der Waals surface area contributed by atoms with Crippen molar-refractivity contribution in [2.45, 2.75) is 25.6 Å². The maximum absolute atomic E-state index is 12.8. The fourth-order valence-corrected chi connectivity index (χ4v) is 3.32. The number of hydrogen-bond donors (Lipinski definition) is 0. The fourth-order valence-electron chi connectivity index (χ4n) is 3.32. The van der Waals surface area contributed by atoms with E-state index in [1.165, 1.54) is 4.90 Å².